The summed E-state index contributed by atoms with van der Waals surface area (Å²) in [5, 5.41) is 20.9. The molecule has 0 unspecified atom stereocenters. The van der Waals surface area contributed by atoms with E-state index in [0.29, 0.717) is 0 Å². The predicted molar refractivity (Wildman–Crippen MR) is 73.1 cm³/mol. The Hall–Kier alpha value is -2.16. The SMILES string of the molecule is Cc1cccc(-n2c(O)c3c(c2O)[C@H]2C=C[C@@H]3C2)c1. The normalized spacial score (nSPS) is 23.0. The molecular formula is C16H15NO2. The summed E-state index contributed by atoms with van der Waals surface area (Å²) < 4.78 is 1.56. The Balaban J connectivity index is 1.97. The molecule has 96 valence electrons. The lowest BCUT2D eigenvalue weighted by molar-refractivity contribution is 0.395. The first kappa shape index (κ1) is 10.7. The third-order valence-electron chi connectivity index (χ3n) is 4.28. The molecule has 4 rings (SSSR count). The van der Waals surface area contributed by atoms with Crippen LogP contribution in [0.1, 0.15) is 34.9 Å². The largest absolute Gasteiger partial charge is 0.494 e. The summed E-state index contributed by atoms with van der Waals surface area (Å²) in [5.41, 5.74) is 3.73. The predicted octanol–water partition coefficient (Wildman–Crippen LogP) is 3.34. The second kappa shape index (κ2) is 3.44. The minimum atomic E-state index is 0.190. The van der Waals surface area contributed by atoms with Crippen molar-refractivity contribution in [2.45, 2.75) is 25.2 Å². The lowest BCUT2D eigenvalue weighted by Gasteiger charge is -2.10. The Morgan fingerprint density at radius 1 is 1.05 bits per heavy atom. The van der Waals surface area contributed by atoms with Crippen LogP contribution in [0.3, 0.4) is 0 Å². The van der Waals surface area contributed by atoms with Crippen LogP contribution in [-0.2, 0) is 0 Å². The fraction of sp³-hybridized carbons (Fsp3) is 0.250. The van der Waals surface area contributed by atoms with Crippen LogP contribution in [0.15, 0.2) is 36.4 Å². The molecule has 1 heterocycles. The zero-order valence-electron chi connectivity index (χ0n) is 10.7. The number of allylic oxidation sites excluding steroid dienone is 2. The van der Waals surface area contributed by atoms with E-state index in [2.05, 4.69) is 12.2 Å². The maximum atomic E-state index is 10.5. The van der Waals surface area contributed by atoms with Gasteiger partial charge in [0.25, 0.3) is 0 Å². The van der Waals surface area contributed by atoms with Crippen LogP contribution in [-0.4, -0.2) is 14.8 Å². The van der Waals surface area contributed by atoms with Gasteiger partial charge < -0.3 is 10.2 Å². The Morgan fingerprint density at radius 3 is 2.26 bits per heavy atom. The maximum Gasteiger partial charge on any atom is 0.202 e. The second-order valence-electron chi connectivity index (χ2n) is 5.48. The van der Waals surface area contributed by atoms with E-state index < -0.39 is 0 Å². The van der Waals surface area contributed by atoms with Crippen molar-refractivity contribution in [3.05, 3.63) is 53.1 Å². The van der Waals surface area contributed by atoms with Crippen molar-refractivity contribution in [2.75, 3.05) is 0 Å². The number of nitrogens with zero attached hydrogens (tertiary/aromatic N) is 1. The van der Waals surface area contributed by atoms with Gasteiger partial charge in [-0.3, -0.25) is 4.57 Å². The smallest absolute Gasteiger partial charge is 0.202 e. The molecule has 3 heteroatoms. The molecule has 0 amide bonds. The van der Waals surface area contributed by atoms with Crippen molar-refractivity contribution >= 4 is 0 Å². The van der Waals surface area contributed by atoms with E-state index in [9.17, 15) is 10.2 Å². The van der Waals surface area contributed by atoms with Crippen molar-refractivity contribution < 1.29 is 10.2 Å². The van der Waals surface area contributed by atoms with Gasteiger partial charge in [-0.15, -0.1) is 0 Å². The van der Waals surface area contributed by atoms with Crippen molar-refractivity contribution in [3.63, 3.8) is 0 Å². The van der Waals surface area contributed by atoms with Gasteiger partial charge in [0.05, 0.1) is 5.69 Å². The number of hydrogen-bond donors (Lipinski definition) is 2. The first-order chi connectivity index (χ1) is 9.16. The fourth-order valence-electron chi connectivity index (χ4n) is 3.45. The number of aryl methyl sites for hydroxylation is 1. The molecule has 0 saturated carbocycles. The van der Waals surface area contributed by atoms with Gasteiger partial charge in [0.1, 0.15) is 0 Å². The Bertz CT molecular complexity index is 676. The number of rotatable bonds is 1. The Labute approximate surface area is 111 Å². The number of aromatic nitrogens is 1. The van der Waals surface area contributed by atoms with Crippen molar-refractivity contribution in [3.8, 4) is 17.4 Å². The minimum absolute atomic E-state index is 0.190. The average Bonchev–Trinajstić information content (AvgIpc) is 3.04. The quantitative estimate of drug-likeness (QED) is 0.766. The molecule has 2 aliphatic rings. The molecule has 1 aromatic heterocycles. The molecule has 2 atom stereocenters. The molecule has 2 bridgehead atoms. The van der Waals surface area contributed by atoms with Gasteiger partial charge in [-0.25, -0.2) is 0 Å². The Morgan fingerprint density at radius 2 is 1.68 bits per heavy atom. The first-order valence-electron chi connectivity index (χ1n) is 6.58. The number of fused-ring (bicyclic) bond motifs is 5. The van der Waals surface area contributed by atoms with Gasteiger partial charge in [-0.05, 0) is 31.0 Å². The standard InChI is InChI=1S/C16H15NO2/c1-9-3-2-4-12(7-9)17-15(18)13-10-5-6-11(8-10)14(13)16(17)19/h2-7,10-11,18-19H,8H2,1H3/t10-,11+. The topological polar surface area (TPSA) is 45.4 Å². The zero-order chi connectivity index (χ0) is 13.1. The van der Waals surface area contributed by atoms with E-state index in [4.69, 9.17) is 0 Å². The molecule has 0 radical (unpaired) electrons. The van der Waals surface area contributed by atoms with E-state index in [1.807, 2.05) is 31.2 Å². The highest BCUT2D eigenvalue weighted by Gasteiger charge is 2.41. The average molecular weight is 253 g/mol. The number of aromatic hydroxyl groups is 2. The van der Waals surface area contributed by atoms with Crippen LogP contribution in [0.5, 0.6) is 11.8 Å². The van der Waals surface area contributed by atoms with E-state index in [1.54, 1.807) is 4.57 Å². The van der Waals surface area contributed by atoms with Gasteiger partial charge >= 0.3 is 0 Å². The summed E-state index contributed by atoms with van der Waals surface area (Å²) in [5.74, 6) is 0.902. The molecule has 0 fully saturated rings. The summed E-state index contributed by atoms with van der Waals surface area (Å²) >= 11 is 0. The minimum Gasteiger partial charge on any atom is -0.494 e. The van der Waals surface area contributed by atoms with Crippen molar-refractivity contribution in [1.82, 2.24) is 4.57 Å². The lowest BCUT2D eigenvalue weighted by atomic mass is 10.0. The third kappa shape index (κ3) is 1.27. The molecule has 3 nitrogen and oxygen atoms in total. The highest BCUT2D eigenvalue weighted by atomic mass is 16.3. The molecule has 2 aromatic rings. The number of hydrogen-bond acceptors (Lipinski definition) is 2. The van der Waals surface area contributed by atoms with E-state index >= 15 is 0 Å². The van der Waals surface area contributed by atoms with Crippen LogP contribution in [0.25, 0.3) is 5.69 Å². The highest BCUT2D eigenvalue weighted by molar-refractivity contribution is 5.62. The molecule has 0 saturated heterocycles. The summed E-state index contributed by atoms with van der Waals surface area (Å²) in [7, 11) is 0. The maximum absolute atomic E-state index is 10.5. The van der Waals surface area contributed by atoms with Crippen LogP contribution in [0, 0.1) is 6.92 Å². The highest BCUT2D eigenvalue weighted by Crippen LogP contribution is 2.57. The molecule has 2 aliphatic carbocycles. The number of benzene rings is 1. The van der Waals surface area contributed by atoms with E-state index in [-0.39, 0.29) is 23.6 Å². The van der Waals surface area contributed by atoms with Gasteiger partial charge in [-0.1, -0.05) is 24.3 Å². The van der Waals surface area contributed by atoms with Crippen LogP contribution < -0.4 is 0 Å². The molecule has 0 spiro atoms. The van der Waals surface area contributed by atoms with Crippen LogP contribution in [0.2, 0.25) is 0 Å². The first-order valence-corrected chi connectivity index (χ1v) is 6.58. The Kier molecular flexibility index (Phi) is 1.94. The summed E-state index contributed by atoms with van der Waals surface area (Å²) in [4.78, 5) is 0. The molecule has 19 heavy (non-hydrogen) atoms. The van der Waals surface area contributed by atoms with Crippen molar-refractivity contribution in [2.24, 2.45) is 0 Å². The zero-order valence-corrected chi connectivity index (χ0v) is 10.7. The molecule has 2 N–H and O–H groups in total. The molecular weight excluding hydrogens is 238 g/mol. The van der Waals surface area contributed by atoms with Gasteiger partial charge in [0.2, 0.25) is 11.8 Å². The van der Waals surface area contributed by atoms with Crippen LogP contribution >= 0.6 is 0 Å². The van der Waals surface area contributed by atoms with Gasteiger partial charge in [-0.2, -0.15) is 0 Å². The van der Waals surface area contributed by atoms with Crippen molar-refractivity contribution in [1.29, 1.82) is 0 Å². The monoisotopic (exact) mass is 253 g/mol. The summed E-state index contributed by atoms with van der Waals surface area (Å²) in [6, 6.07) is 7.79. The summed E-state index contributed by atoms with van der Waals surface area (Å²) in [6.07, 6.45) is 5.25. The van der Waals surface area contributed by atoms with Crippen LogP contribution in [0.4, 0.5) is 0 Å². The summed E-state index contributed by atoms with van der Waals surface area (Å²) in [6.45, 7) is 2.00. The fourth-order valence-corrected chi connectivity index (χ4v) is 3.45. The van der Waals surface area contributed by atoms with E-state index in [1.165, 1.54) is 0 Å². The second-order valence-corrected chi connectivity index (χ2v) is 5.48. The molecule has 0 aliphatic heterocycles. The third-order valence-corrected chi connectivity index (χ3v) is 4.28. The van der Waals surface area contributed by atoms with E-state index in [0.717, 1.165) is 28.8 Å². The van der Waals surface area contributed by atoms with Gasteiger partial charge in [0, 0.05) is 23.0 Å². The lowest BCUT2D eigenvalue weighted by Crippen LogP contribution is -1.95. The van der Waals surface area contributed by atoms with Gasteiger partial charge in [0.15, 0.2) is 0 Å². The molecule has 1 aromatic carbocycles.